The number of carbonyl (C=O) groups excluding carboxylic acids is 3. The zero-order chi connectivity index (χ0) is 16.2. The first kappa shape index (κ1) is 25.6. The molecule has 0 saturated carbocycles. The second-order valence-corrected chi connectivity index (χ2v) is 4.92. The topological polar surface area (TPSA) is 147 Å². The van der Waals surface area contributed by atoms with E-state index in [1.807, 2.05) is 0 Å². The van der Waals surface area contributed by atoms with Gasteiger partial charge in [-0.3, -0.25) is 0 Å². The van der Waals surface area contributed by atoms with Crippen LogP contribution in [-0.2, 0) is 16.0 Å². The molecule has 0 unspecified atom stereocenters. The van der Waals surface area contributed by atoms with Crippen LogP contribution in [0.3, 0.4) is 0 Å². The van der Waals surface area contributed by atoms with Crippen LogP contribution in [0, 0.1) is 11.3 Å². The molecular weight excluding hydrogens is 475 g/mol. The molecule has 0 N–H and O–H groups in total. The molecule has 0 fully saturated rings. The molecule has 0 aromatic carbocycles. The molecule has 112 valence electrons. The number of nitriles is 1. The fourth-order valence-electron chi connectivity index (χ4n) is 1.75. The van der Waals surface area contributed by atoms with Gasteiger partial charge in [-0.1, -0.05) is 0 Å². The molecule has 0 saturated heterocycles. The van der Waals surface area contributed by atoms with Crippen molar-refractivity contribution in [2.24, 2.45) is 0 Å². The van der Waals surface area contributed by atoms with Crippen molar-refractivity contribution in [3.05, 3.63) is 16.0 Å². The molecule has 1 heterocycles. The maximum absolute atomic E-state index is 11.0. The standard InChI is InChI=1S/C12H12N2O6S.2Sr/c1-2-14(5-9(17)18)11-7(4-13)6(3-8(15)16)10(21-11)12(19)20;;/h2-3,5H2,1H3,(H,15,16)(H,17,18)(H,19,20);;/q;2*+2/p-3. The third kappa shape index (κ3) is 7.01. The minimum absolute atomic E-state index is 0. The summed E-state index contributed by atoms with van der Waals surface area (Å²) in [6.07, 6.45) is -0.772. The SMILES string of the molecule is CCN(CC(=O)[O-])c1sc(C(=O)[O-])c(CC(=O)[O-])c1C#N.[Sr+2].[Sr+2]. The number of carbonyl (C=O) groups is 3. The maximum atomic E-state index is 11.0. The Morgan fingerprint density at radius 3 is 2.09 bits per heavy atom. The molecule has 0 amide bonds. The van der Waals surface area contributed by atoms with E-state index in [0.29, 0.717) is 11.3 Å². The van der Waals surface area contributed by atoms with Crippen molar-refractivity contribution < 1.29 is 29.7 Å². The molecule has 0 aliphatic heterocycles. The molecule has 11 heteroatoms. The van der Waals surface area contributed by atoms with E-state index in [0.717, 1.165) is 0 Å². The largest absolute Gasteiger partial charge is 2.00 e. The van der Waals surface area contributed by atoms with Crippen LogP contribution in [-0.4, -0.2) is 122 Å². The first-order valence-electron chi connectivity index (χ1n) is 5.73. The Hall–Kier alpha value is 0.361. The number of carboxylic acids is 3. The number of thiophene rings is 1. The van der Waals surface area contributed by atoms with Gasteiger partial charge in [-0.05, 0) is 12.5 Å². The van der Waals surface area contributed by atoms with Crippen LogP contribution in [0.25, 0.3) is 0 Å². The Morgan fingerprint density at radius 2 is 1.74 bits per heavy atom. The Labute approximate surface area is 210 Å². The van der Waals surface area contributed by atoms with Crippen LogP contribution < -0.4 is 20.2 Å². The summed E-state index contributed by atoms with van der Waals surface area (Å²) < 4.78 is 0. The Kier molecular flexibility index (Phi) is 13.2. The second kappa shape index (κ2) is 11.8. The van der Waals surface area contributed by atoms with E-state index in [1.54, 1.807) is 13.0 Å². The van der Waals surface area contributed by atoms with Crippen LogP contribution in [0.15, 0.2) is 0 Å². The number of aliphatic carboxylic acids is 2. The van der Waals surface area contributed by atoms with Crippen LogP contribution in [0.1, 0.15) is 27.7 Å². The normalized spacial score (nSPS) is 9.04. The molecule has 0 aliphatic rings. The van der Waals surface area contributed by atoms with E-state index in [2.05, 4.69) is 0 Å². The van der Waals surface area contributed by atoms with Crippen molar-refractivity contribution in [3.63, 3.8) is 0 Å². The van der Waals surface area contributed by atoms with Gasteiger partial charge in [-0.25, -0.2) is 0 Å². The van der Waals surface area contributed by atoms with E-state index in [-0.39, 0.29) is 114 Å². The van der Waals surface area contributed by atoms with Crippen molar-refractivity contribution in [1.29, 1.82) is 5.26 Å². The third-order valence-corrected chi connectivity index (χ3v) is 3.87. The second-order valence-electron chi connectivity index (χ2n) is 3.92. The third-order valence-electron chi connectivity index (χ3n) is 2.60. The van der Waals surface area contributed by atoms with Gasteiger partial charge in [0.15, 0.2) is 0 Å². The number of carboxylic acid groups (broad SMARTS) is 3. The fraction of sp³-hybridized carbons (Fsp3) is 0.333. The minimum atomic E-state index is -1.64. The molecule has 0 atom stereocenters. The van der Waals surface area contributed by atoms with Gasteiger partial charge in [0, 0.05) is 18.9 Å². The van der Waals surface area contributed by atoms with Crippen LogP contribution in [0.5, 0.6) is 0 Å². The van der Waals surface area contributed by atoms with Crippen LogP contribution in [0.2, 0.25) is 0 Å². The summed E-state index contributed by atoms with van der Waals surface area (Å²) in [5.74, 6) is -4.60. The Balaban J connectivity index is 0. The summed E-state index contributed by atoms with van der Waals surface area (Å²) in [4.78, 5) is 33.2. The van der Waals surface area contributed by atoms with Crippen molar-refractivity contribution in [2.75, 3.05) is 18.0 Å². The molecule has 1 aromatic rings. The molecule has 0 radical (unpaired) electrons. The molecule has 0 bridgehead atoms. The Bertz CT molecular complexity index is 640. The van der Waals surface area contributed by atoms with Gasteiger partial charge in [-0.2, -0.15) is 5.26 Å². The monoisotopic (exact) mass is 485 g/mol. The fourth-order valence-corrected chi connectivity index (χ4v) is 2.92. The molecular formula is C12H9N2O6SSr2+. The molecule has 1 aromatic heterocycles. The summed E-state index contributed by atoms with van der Waals surface area (Å²) in [5.41, 5.74) is -0.444. The van der Waals surface area contributed by atoms with E-state index >= 15 is 0 Å². The van der Waals surface area contributed by atoms with Gasteiger partial charge in [0.25, 0.3) is 0 Å². The zero-order valence-electron chi connectivity index (χ0n) is 12.3. The van der Waals surface area contributed by atoms with Gasteiger partial charge < -0.3 is 34.6 Å². The van der Waals surface area contributed by atoms with E-state index < -0.39 is 35.8 Å². The summed E-state index contributed by atoms with van der Waals surface area (Å²) >= 11 is 0.595. The van der Waals surface area contributed by atoms with E-state index in [4.69, 9.17) is 5.26 Å². The molecule has 1 rings (SSSR count). The summed E-state index contributed by atoms with van der Waals surface area (Å²) in [6, 6.07) is 1.71. The number of aromatic carboxylic acids is 1. The first-order valence-corrected chi connectivity index (χ1v) is 6.55. The predicted molar refractivity (Wildman–Crippen MR) is 76.5 cm³/mol. The molecule has 23 heavy (non-hydrogen) atoms. The molecule has 0 spiro atoms. The number of anilines is 1. The number of rotatable bonds is 7. The van der Waals surface area contributed by atoms with Gasteiger partial charge >= 0.3 is 91.0 Å². The summed E-state index contributed by atoms with van der Waals surface area (Å²) in [5, 5.41) is 41.6. The maximum Gasteiger partial charge on any atom is 2.00 e. The number of nitrogens with zero attached hydrogens (tertiary/aromatic N) is 2. The molecule has 8 nitrogen and oxygen atoms in total. The van der Waals surface area contributed by atoms with Crippen molar-refractivity contribution in [1.82, 2.24) is 0 Å². The van der Waals surface area contributed by atoms with E-state index in [9.17, 15) is 29.7 Å². The van der Waals surface area contributed by atoms with Gasteiger partial charge in [-0.15, -0.1) is 11.3 Å². The van der Waals surface area contributed by atoms with Crippen molar-refractivity contribution in [3.8, 4) is 6.07 Å². The average Bonchev–Trinajstić information content (AvgIpc) is 2.73. The van der Waals surface area contributed by atoms with Crippen LogP contribution >= 0.6 is 11.3 Å². The van der Waals surface area contributed by atoms with Crippen LogP contribution in [0.4, 0.5) is 5.00 Å². The molecule has 0 aliphatic carbocycles. The van der Waals surface area contributed by atoms with Crippen molar-refractivity contribution >= 4 is 125 Å². The predicted octanol–water partition coefficient (Wildman–Crippen LogP) is -3.91. The summed E-state index contributed by atoms with van der Waals surface area (Å²) in [7, 11) is 0. The van der Waals surface area contributed by atoms with Gasteiger partial charge in [0.05, 0.1) is 28.9 Å². The summed E-state index contributed by atoms with van der Waals surface area (Å²) in [6.45, 7) is 1.21. The number of hydrogen-bond acceptors (Lipinski definition) is 9. The van der Waals surface area contributed by atoms with E-state index in [1.165, 1.54) is 4.90 Å². The first-order chi connectivity index (χ1) is 9.81. The quantitative estimate of drug-likeness (QED) is 0.357. The van der Waals surface area contributed by atoms with Crippen molar-refractivity contribution in [2.45, 2.75) is 13.3 Å². The van der Waals surface area contributed by atoms with Gasteiger partial charge in [0.1, 0.15) is 11.1 Å². The van der Waals surface area contributed by atoms with Gasteiger partial charge in [0.2, 0.25) is 0 Å². The minimum Gasteiger partial charge on any atom is -0.550 e. The zero-order valence-corrected chi connectivity index (χ0v) is 20.1. The Morgan fingerprint density at radius 1 is 1.17 bits per heavy atom. The number of likely N-dealkylation sites (N-methyl/N-ethyl adjacent to an activating group) is 1. The number of hydrogen-bond donors (Lipinski definition) is 0. The average molecular weight is 485 g/mol. The smallest absolute Gasteiger partial charge is 0.550 e.